The summed E-state index contributed by atoms with van der Waals surface area (Å²) in [6.45, 7) is 2.04. The molecule has 5 heteroatoms. The number of aliphatic carboxylic acids is 1. The maximum absolute atomic E-state index is 10.4. The highest BCUT2D eigenvalue weighted by Gasteiger charge is 2.33. The van der Waals surface area contributed by atoms with Gasteiger partial charge in [-0.3, -0.25) is 10.1 Å². The first-order valence-electron chi connectivity index (χ1n) is 3.59. The number of carboxylic acid groups (broad SMARTS) is 1. The van der Waals surface area contributed by atoms with Crippen LogP contribution in [0.1, 0.15) is 13.3 Å². The van der Waals surface area contributed by atoms with E-state index in [9.17, 15) is 4.79 Å². The number of hydrogen-bond acceptors (Lipinski definition) is 4. The van der Waals surface area contributed by atoms with Crippen LogP contribution in [0.4, 0.5) is 0 Å². The summed E-state index contributed by atoms with van der Waals surface area (Å²) < 4.78 is 0. The minimum absolute atomic E-state index is 0.161. The fourth-order valence-electron chi connectivity index (χ4n) is 1.16. The van der Waals surface area contributed by atoms with Gasteiger partial charge in [0.2, 0.25) is 0 Å². The Morgan fingerprint density at radius 1 is 1.82 bits per heavy atom. The average molecular weight is 160 g/mol. The second-order valence-corrected chi connectivity index (χ2v) is 2.60. The molecule has 0 saturated carbocycles. The molecular formula is C6H12N2O3. The van der Waals surface area contributed by atoms with E-state index in [4.69, 9.17) is 10.3 Å². The summed E-state index contributed by atoms with van der Waals surface area (Å²) in [7, 11) is 0. The van der Waals surface area contributed by atoms with E-state index in [1.165, 1.54) is 0 Å². The van der Waals surface area contributed by atoms with Gasteiger partial charge in [-0.05, 0) is 6.42 Å². The predicted molar refractivity (Wildman–Crippen MR) is 37.1 cm³/mol. The Morgan fingerprint density at radius 2 is 2.45 bits per heavy atom. The van der Waals surface area contributed by atoms with Crippen molar-refractivity contribution in [1.29, 1.82) is 0 Å². The highest BCUT2D eigenvalue weighted by molar-refractivity contribution is 5.74. The standard InChI is InChI=1S/C6H12N2O3/c1-2-5-7-4(6(9)10)3-8(5)11/h4-5,7,11H,2-3H2,1H3,(H,9,10)/t4-,5?/m0/s1. The van der Waals surface area contributed by atoms with Crippen LogP contribution in [0.25, 0.3) is 0 Å². The van der Waals surface area contributed by atoms with Gasteiger partial charge < -0.3 is 10.3 Å². The van der Waals surface area contributed by atoms with Crippen LogP contribution in [0.5, 0.6) is 0 Å². The molecular weight excluding hydrogens is 148 g/mol. The molecule has 1 saturated heterocycles. The molecule has 1 rings (SSSR count). The first-order valence-corrected chi connectivity index (χ1v) is 3.59. The molecule has 0 radical (unpaired) electrons. The predicted octanol–water partition coefficient (Wildman–Crippen LogP) is -0.530. The Hall–Kier alpha value is -0.650. The molecule has 1 unspecified atom stereocenters. The lowest BCUT2D eigenvalue weighted by molar-refractivity contribution is -0.140. The molecule has 64 valence electrons. The van der Waals surface area contributed by atoms with E-state index in [1.54, 1.807) is 0 Å². The van der Waals surface area contributed by atoms with E-state index < -0.39 is 12.0 Å². The van der Waals surface area contributed by atoms with Gasteiger partial charge >= 0.3 is 5.97 Å². The van der Waals surface area contributed by atoms with Crippen molar-refractivity contribution < 1.29 is 15.1 Å². The van der Waals surface area contributed by atoms with Gasteiger partial charge in [0.05, 0.1) is 12.7 Å². The Bertz CT molecular complexity index is 162. The van der Waals surface area contributed by atoms with Crippen LogP contribution in [-0.4, -0.2) is 40.1 Å². The fourth-order valence-corrected chi connectivity index (χ4v) is 1.16. The van der Waals surface area contributed by atoms with Crippen LogP contribution in [0, 0.1) is 0 Å². The number of nitrogens with one attached hydrogen (secondary N) is 1. The molecule has 0 spiro atoms. The lowest BCUT2D eigenvalue weighted by Gasteiger charge is -2.13. The van der Waals surface area contributed by atoms with E-state index in [0.29, 0.717) is 6.42 Å². The van der Waals surface area contributed by atoms with Crippen molar-refractivity contribution in [3.63, 3.8) is 0 Å². The first-order chi connectivity index (χ1) is 5.15. The molecule has 0 amide bonds. The molecule has 0 aromatic heterocycles. The van der Waals surface area contributed by atoms with Gasteiger partial charge in [-0.25, -0.2) is 0 Å². The monoisotopic (exact) mass is 160 g/mol. The lowest BCUT2D eigenvalue weighted by atomic mass is 10.3. The van der Waals surface area contributed by atoms with Crippen LogP contribution in [-0.2, 0) is 4.79 Å². The molecule has 1 aliphatic heterocycles. The Morgan fingerprint density at radius 3 is 2.73 bits per heavy atom. The maximum atomic E-state index is 10.4. The zero-order chi connectivity index (χ0) is 8.43. The molecule has 3 N–H and O–H groups in total. The third kappa shape index (κ3) is 1.68. The molecule has 5 nitrogen and oxygen atoms in total. The van der Waals surface area contributed by atoms with Gasteiger partial charge in [-0.1, -0.05) is 6.92 Å². The van der Waals surface area contributed by atoms with E-state index in [-0.39, 0.29) is 12.7 Å². The zero-order valence-corrected chi connectivity index (χ0v) is 6.32. The fraction of sp³-hybridized carbons (Fsp3) is 0.833. The third-order valence-electron chi connectivity index (χ3n) is 1.81. The second-order valence-electron chi connectivity index (χ2n) is 2.60. The van der Waals surface area contributed by atoms with E-state index in [2.05, 4.69) is 5.32 Å². The highest BCUT2D eigenvalue weighted by atomic mass is 16.5. The Labute approximate surface area is 64.6 Å². The third-order valence-corrected chi connectivity index (χ3v) is 1.81. The van der Waals surface area contributed by atoms with Crippen LogP contribution in [0.15, 0.2) is 0 Å². The van der Waals surface area contributed by atoms with Crippen LogP contribution in [0.3, 0.4) is 0 Å². The summed E-state index contributed by atoms with van der Waals surface area (Å²) in [6.07, 6.45) is 0.483. The van der Waals surface area contributed by atoms with Gasteiger partial charge in [0.15, 0.2) is 0 Å². The molecule has 0 aromatic carbocycles. The first kappa shape index (κ1) is 8.45. The van der Waals surface area contributed by atoms with E-state index in [1.807, 2.05) is 6.92 Å². The van der Waals surface area contributed by atoms with Crippen molar-refractivity contribution in [2.45, 2.75) is 25.6 Å². The molecule has 0 bridgehead atoms. The molecule has 0 aromatic rings. The number of hydrogen-bond donors (Lipinski definition) is 3. The SMILES string of the molecule is CCC1N[C@H](C(=O)O)CN1O. The van der Waals surface area contributed by atoms with Crippen molar-refractivity contribution in [3.8, 4) is 0 Å². The number of nitrogens with zero attached hydrogens (tertiary/aromatic N) is 1. The van der Waals surface area contributed by atoms with Crippen molar-refractivity contribution >= 4 is 5.97 Å². The summed E-state index contributed by atoms with van der Waals surface area (Å²) >= 11 is 0. The quantitative estimate of drug-likeness (QED) is 0.506. The molecule has 0 aliphatic carbocycles. The minimum Gasteiger partial charge on any atom is -0.480 e. The second kappa shape index (κ2) is 3.17. The molecule has 11 heavy (non-hydrogen) atoms. The van der Waals surface area contributed by atoms with Crippen LogP contribution < -0.4 is 5.32 Å². The molecule has 1 aliphatic rings. The molecule has 2 atom stereocenters. The van der Waals surface area contributed by atoms with Gasteiger partial charge in [0.25, 0.3) is 0 Å². The van der Waals surface area contributed by atoms with Crippen molar-refractivity contribution in [1.82, 2.24) is 10.4 Å². The number of carbonyl (C=O) groups is 1. The van der Waals surface area contributed by atoms with Crippen molar-refractivity contribution in [2.75, 3.05) is 6.54 Å². The Balaban J connectivity index is 2.49. The summed E-state index contributed by atoms with van der Waals surface area (Å²) in [5, 5.41) is 21.5. The summed E-state index contributed by atoms with van der Waals surface area (Å²) in [6, 6.07) is -0.634. The van der Waals surface area contributed by atoms with Gasteiger partial charge in [-0.15, -0.1) is 0 Å². The molecule has 1 heterocycles. The smallest absolute Gasteiger partial charge is 0.322 e. The minimum atomic E-state index is -0.917. The maximum Gasteiger partial charge on any atom is 0.322 e. The summed E-state index contributed by atoms with van der Waals surface area (Å²) in [5.74, 6) is -0.917. The lowest BCUT2D eigenvalue weighted by Crippen LogP contribution is -2.37. The van der Waals surface area contributed by atoms with Gasteiger partial charge in [-0.2, -0.15) is 5.06 Å². The average Bonchev–Trinajstić information content (AvgIpc) is 2.31. The van der Waals surface area contributed by atoms with Gasteiger partial charge in [0.1, 0.15) is 6.04 Å². The topological polar surface area (TPSA) is 72.8 Å². The number of rotatable bonds is 2. The highest BCUT2D eigenvalue weighted by Crippen LogP contribution is 2.08. The van der Waals surface area contributed by atoms with Crippen LogP contribution >= 0.6 is 0 Å². The van der Waals surface area contributed by atoms with Crippen LogP contribution in [0.2, 0.25) is 0 Å². The summed E-state index contributed by atoms with van der Waals surface area (Å²) in [4.78, 5) is 10.4. The Kier molecular flexibility index (Phi) is 2.43. The largest absolute Gasteiger partial charge is 0.480 e. The van der Waals surface area contributed by atoms with Crippen molar-refractivity contribution in [2.24, 2.45) is 0 Å². The zero-order valence-electron chi connectivity index (χ0n) is 6.32. The molecule has 1 fully saturated rings. The normalized spacial score (nSPS) is 32.5. The summed E-state index contributed by atoms with van der Waals surface area (Å²) in [5.41, 5.74) is 0. The number of hydroxylamine groups is 2. The van der Waals surface area contributed by atoms with Gasteiger partial charge in [0, 0.05) is 0 Å². The van der Waals surface area contributed by atoms with Crippen molar-refractivity contribution in [3.05, 3.63) is 0 Å². The number of carboxylic acids is 1. The van der Waals surface area contributed by atoms with E-state index in [0.717, 1.165) is 5.06 Å². The van der Waals surface area contributed by atoms with E-state index >= 15 is 0 Å².